The lowest BCUT2D eigenvalue weighted by atomic mass is 10.3. The summed E-state index contributed by atoms with van der Waals surface area (Å²) in [5, 5.41) is 10.3. The Morgan fingerprint density at radius 2 is 1.90 bits per heavy atom. The Morgan fingerprint density at radius 1 is 1.30 bits per heavy atom. The van der Waals surface area contributed by atoms with Gasteiger partial charge in [0.2, 0.25) is 0 Å². The molecule has 1 aromatic heterocycles. The van der Waals surface area contributed by atoms with Gasteiger partial charge in [-0.1, -0.05) is 23.2 Å². The molecule has 0 unspecified atom stereocenters. The third-order valence-corrected chi connectivity index (χ3v) is 2.81. The van der Waals surface area contributed by atoms with Crippen LogP contribution in [-0.2, 0) is 0 Å². The number of benzene rings is 1. The van der Waals surface area contributed by atoms with E-state index in [4.69, 9.17) is 28.0 Å². The van der Waals surface area contributed by atoms with Crippen molar-refractivity contribution in [1.82, 2.24) is 4.73 Å². The van der Waals surface area contributed by atoms with Crippen LogP contribution < -0.4 is 10.4 Å². The average molecular weight is 319 g/mol. The SMILES string of the molecule is O=c1c(F)cccn1Oc1c(Cl)cc([N+](=O)[O-])cc1Cl. The van der Waals surface area contributed by atoms with Gasteiger partial charge in [-0.25, -0.2) is 4.39 Å². The number of halogens is 3. The van der Waals surface area contributed by atoms with Crippen molar-refractivity contribution in [2.75, 3.05) is 0 Å². The summed E-state index contributed by atoms with van der Waals surface area (Å²) < 4.78 is 13.7. The molecule has 0 bridgehead atoms. The molecule has 0 amide bonds. The lowest BCUT2D eigenvalue weighted by molar-refractivity contribution is -0.384. The van der Waals surface area contributed by atoms with Crippen LogP contribution in [0.2, 0.25) is 10.0 Å². The highest BCUT2D eigenvalue weighted by molar-refractivity contribution is 6.37. The normalized spacial score (nSPS) is 10.3. The van der Waals surface area contributed by atoms with E-state index < -0.39 is 16.3 Å². The molecular weight excluding hydrogens is 314 g/mol. The van der Waals surface area contributed by atoms with E-state index in [2.05, 4.69) is 0 Å². The molecular formula is C11H5Cl2FN2O4. The number of pyridine rings is 1. The lowest BCUT2D eigenvalue weighted by Gasteiger charge is -2.10. The Bertz CT molecular complexity index is 724. The molecule has 1 aromatic carbocycles. The molecule has 2 aromatic rings. The topological polar surface area (TPSA) is 74.4 Å². The fourth-order valence-electron chi connectivity index (χ4n) is 1.36. The van der Waals surface area contributed by atoms with E-state index in [0.29, 0.717) is 4.73 Å². The second kappa shape index (κ2) is 5.48. The Kier molecular flexibility index (Phi) is 3.91. The summed E-state index contributed by atoms with van der Waals surface area (Å²) in [6.45, 7) is 0. The molecule has 9 heteroatoms. The highest BCUT2D eigenvalue weighted by Crippen LogP contribution is 2.36. The van der Waals surface area contributed by atoms with Gasteiger partial charge >= 0.3 is 5.56 Å². The summed E-state index contributed by atoms with van der Waals surface area (Å²) in [5.74, 6) is -1.21. The minimum absolute atomic E-state index is 0.180. The van der Waals surface area contributed by atoms with Gasteiger partial charge in [-0.15, -0.1) is 4.73 Å². The Balaban J connectivity index is 2.47. The highest BCUT2D eigenvalue weighted by atomic mass is 35.5. The largest absolute Gasteiger partial charge is 0.369 e. The molecule has 2 rings (SSSR count). The molecule has 0 saturated carbocycles. The molecule has 0 fully saturated rings. The first-order valence-electron chi connectivity index (χ1n) is 5.09. The second-order valence-electron chi connectivity index (χ2n) is 3.57. The van der Waals surface area contributed by atoms with Crippen molar-refractivity contribution in [3.8, 4) is 5.75 Å². The predicted octanol–water partition coefficient (Wildman–Crippen LogP) is 3.04. The van der Waals surface area contributed by atoms with Crippen LogP contribution in [0, 0.1) is 15.9 Å². The number of hydrogen-bond acceptors (Lipinski definition) is 4. The van der Waals surface area contributed by atoms with Gasteiger partial charge in [0.25, 0.3) is 5.69 Å². The zero-order valence-corrected chi connectivity index (χ0v) is 11.1. The Hall–Kier alpha value is -2.12. The van der Waals surface area contributed by atoms with Crippen LogP contribution in [0.3, 0.4) is 0 Å². The van der Waals surface area contributed by atoms with Crippen LogP contribution >= 0.6 is 23.2 Å². The highest BCUT2D eigenvalue weighted by Gasteiger charge is 2.17. The van der Waals surface area contributed by atoms with Crippen LogP contribution in [0.15, 0.2) is 35.3 Å². The minimum atomic E-state index is -1.04. The van der Waals surface area contributed by atoms with Gasteiger partial charge in [0.1, 0.15) is 0 Å². The van der Waals surface area contributed by atoms with Crippen LogP contribution in [-0.4, -0.2) is 9.65 Å². The number of aromatic nitrogens is 1. The lowest BCUT2D eigenvalue weighted by Crippen LogP contribution is -2.25. The maximum absolute atomic E-state index is 13.1. The number of nitro benzene ring substituents is 1. The fraction of sp³-hybridized carbons (Fsp3) is 0. The minimum Gasteiger partial charge on any atom is -0.369 e. The molecule has 0 aliphatic heterocycles. The fourth-order valence-corrected chi connectivity index (χ4v) is 1.90. The smallest absolute Gasteiger partial charge is 0.319 e. The summed E-state index contributed by atoms with van der Waals surface area (Å²) in [7, 11) is 0. The molecule has 6 nitrogen and oxygen atoms in total. The molecule has 1 heterocycles. The third-order valence-electron chi connectivity index (χ3n) is 2.25. The van der Waals surface area contributed by atoms with Gasteiger partial charge in [0.05, 0.1) is 15.0 Å². The van der Waals surface area contributed by atoms with Crippen molar-refractivity contribution in [3.63, 3.8) is 0 Å². The summed E-state index contributed by atoms with van der Waals surface area (Å²) in [6.07, 6.45) is 1.15. The Morgan fingerprint density at radius 3 is 2.45 bits per heavy atom. The van der Waals surface area contributed by atoms with E-state index >= 15 is 0 Å². The van der Waals surface area contributed by atoms with E-state index in [1.54, 1.807) is 0 Å². The van der Waals surface area contributed by atoms with Gasteiger partial charge in [0.15, 0.2) is 11.6 Å². The molecule has 20 heavy (non-hydrogen) atoms. The number of non-ortho nitro benzene ring substituents is 1. The predicted molar refractivity (Wildman–Crippen MR) is 69.8 cm³/mol. The first kappa shape index (κ1) is 14.3. The van der Waals surface area contributed by atoms with Gasteiger partial charge in [-0.05, 0) is 12.1 Å². The van der Waals surface area contributed by atoms with Crippen LogP contribution in [0.25, 0.3) is 0 Å². The van der Waals surface area contributed by atoms with Gasteiger partial charge in [-0.3, -0.25) is 14.9 Å². The molecule has 0 N–H and O–H groups in total. The summed E-state index contributed by atoms with van der Waals surface area (Å²) in [5.41, 5.74) is -1.38. The van der Waals surface area contributed by atoms with E-state index in [-0.39, 0.29) is 21.5 Å². The molecule has 0 atom stereocenters. The van der Waals surface area contributed by atoms with Crippen molar-refractivity contribution in [2.24, 2.45) is 0 Å². The zero-order valence-electron chi connectivity index (χ0n) is 9.55. The van der Waals surface area contributed by atoms with Crippen LogP contribution in [0.1, 0.15) is 0 Å². The summed E-state index contributed by atoms with van der Waals surface area (Å²) in [4.78, 5) is 26.4. The van der Waals surface area contributed by atoms with Crippen molar-refractivity contribution < 1.29 is 14.2 Å². The zero-order chi connectivity index (χ0) is 14.9. The van der Waals surface area contributed by atoms with E-state index in [9.17, 15) is 19.3 Å². The maximum atomic E-state index is 13.1. The van der Waals surface area contributed by atoms with E-state index in [0.717, 1.165) is 24.4 Å². The van der Waals surface area contributed by atoms with Gasteiger partial charge < -0.3 is 4.84 Å². The third kappa shape index (κ3) is 2.73. The number of nitrogens with zero attached hydrogens (tertiary/aromatic N) is 2. The quantitative estimate of drug-likeness (QED) is 0.644. The van der Waals surface area contributed by atoms with Crippen molar-refractivity contribution >= 4 is 28.9 Å². The summed E-state index contributed by atoms with van der Waals surface area (Å²) in [6, 6.07) is 4.21. The van der Waals surface area contributed by atoms with Crippen LogP contribution in [0.5, 0.6) is 5.75 Å². The average Bonchev–Trinajstić information content (AvgIpc) is 2.38. The van der Waals surface area contributed by atoms with Crippen LogP contribution in [0.4, 0.5) is 10.1 Å². The first-order chi connectivity index (χ1) is 9.40. The number of hydrogen-bond donors (Lipinski definition) is 0. The number of nitro groups is 1. The Labute approximate surface area is 121 Å². The van der Waals surface area contributed by atoms with Gasteiger partial charge in [0, 0.05) is 18.3 Å². The monoisotopic (exact) mass is 318 g/mol. The van der Waals surface area contributed by atoms with Crippen molar-refractivity contribution in [1.29, 1.82) is 0 Å². The molecule has 0 radical (unpaired) electrons. The van der Waals surface area contributed by atoms with E-state index in [1.807, 2.05) is 0 Å². The second-order valence-corrected chi connectivity index (χ2v) is 4.39. The molecule has 0 aliphatic carbocycles. The summed E-state index contributed by atoms with van der Waals surface area (Å²) >= 11 is 11.6. The standard InChI is InChI=1S/C11H5Cl2FN2O4/c12-7-4-6(16(18)19)5-8(13)10(7)20-15-3-1-2-9(14)11(15)17/h1-5H. The van der Waals surface area contributed by atoms with Crippen molar-refractivity contribution in [2.45, 2.75) is 0 Å². The first-order valence-corrected chi connectivity index (χ1v) is 5.84. The van der Waals surface area contributed by atoms with Crippen molar-refractivity contribution in [3.05, 3.63) is 66.8 Å². The molecule has 0 aliphatic rings. The van der Waals surface area contributed by atoms with E-state index in [1.165, 1.54) is 6.07 Å². The molecule has 0 saturated heterocycles. The molecule has 104 valence electrons. The van der Waals surface area contributed by atoms with Gasteiger partial charge in [-0.2, -0.15) is 0 Å². The molecule has 0 spiro atoms. The maximum Gasteiger partial charge on any atom is 0.319 e. The number of rotatable bonds is 3.